The van der Waals surface area contributed by atoms with Gasteiger partial charge in [-0.05, 0) is 59.0 Å². The van der Waals surface area contributed by atoms with Crippen molar-refractivity contribution in [3.05, 3.63) is 109 Å². The summed E-state index contributed by atoms with van der Waals surface area (Å²) in [6.45, 7) is 0. The van der Waals surface area contributed by atoms with Crippen molar-refractivity contribution in [3.8, 4) is 11.1 Å². The molecule has 0 unspecified atom stereocenters. The Hall–Kier alpha value is -4.04. The Balaban J connectivity index is 1.40. The van der Waals surface area contributed by atoms with Crippen molar-refractivity contribution in [3.63, 3.8) is 0 Å². The summed E-state index contributed by atoms with van der Waals surface area (Å²) in [6.07, 6.45) is 0. The Morgan fingerprint density at radius 1 is 0.500 bits per heavy atom. The molecule has 0 aliphatic carbocycles. The normalized spacial score (nSPS) is 11.3. The van der Waals surface area contributed by atoms with Gasteiger partial charge in [-0.3, -0.25) is 0 Å². The van der Waals surface area contributed by atoms with Crippen LogP contribution in [0.5, 0.6) is 0 Å². The van der Waals surface area contributed by atoms with E-state index in [-0.39, 0.29) is 0 Å². The molecule has 2 nitrogen and oxygen atoms in total. The van der Waals surface area contributed by atoms with Gasteiger partial charge in [0.2, 0.25) is 0 Å². The summed E-state index contributed by atoms with van der Waals surface area (Å²) in [4.78, 5) is 0. The minimum atomic E-state index is 0.924. The number of anilines is 2. The lowest BCUT2D eigenvalue weighted by atomic mass is 10.0. The number of benzene rings is 5. The van der Waals surface area contributed by atoms with E-state index >= 15 is 0 Å². The lowest BCUT2D eigenvalue weighted by molar-refractivity contribution is 0.672. The maximum absolute atomic E-state index is 6.23. The fourth-order valence-electron chi connectivity index (χ4n) is 4.12. The molecule has 0 fully saturated rings. The van der Waals surface area contributed by atoms with E-state index in [1.165, 1.54) is 16.5 Å². The van der Waals surface area contributed by atoms with Gasteiger partial charge in [-0.15, -0.1) is 0 Å². The number of rotatable bonds is 3. The summed E-state index contributed by atoms with van der Waals surface area (Å²) in [5, 5.41) is 8.10. The summed E-state index contributed by atoms with van der Waals surface area (Å²) < 4.78 is 6.23. The molecule has 1 N–H and O–H groups in total. The standard InChI is InChI=1S/C28H19NO/c1-2-7-22(8-3-1)29-23-14-10-19(11-15-23)21-13-17-27-26(18-21)25-16-12-20-6-4-5-9-24(20)28(25)30-27/h1-18,29H. The Bertz CT molecular complexity index is 1490. The van der Waals surface area contributed by atoms with Crippen LogP contribution in [0.4, 0.5) is 11.4 Å². The maximum atomic E-state index is 6.23. The molecule has 5 aromatic carbocycles. The predicted octanol–water partition coefficient (Wildman–Crippen LogP) is 8.15. The monoisotopic (exact) mass is 385 g/mol. The van der Waals surface area contributed by atoms with E-state index in [0.717, 1.165) is 38.7 Å². The zero-order valence-electron chi connectivity index (χ0n) is 16.3. The third kappa shape index (κ3) is 2.82. The third-order valence-corrected chi connectivity index (χ3v) is 5.64. The molecular formula is C28H19NO. The Morgan fingerprint density at radius 2 is 1.23 bits per heavy atom. The minimum Gasteiger partial charge on any atom is -0.455 e. The number of fused-ring (bicyclic) bond motifs is 5. The van der Waals surface area contributed by atoms with Crippen LogP contribution in [0, 0.1) is 0 Å². The number of para-hydroxylation sites is 1. The first-order valence-corrected chi connectivity index (χ1v) is 10.1. The Morgan fingerprint density at radius 3 is 2.10 bits per heavy atom. The van der Waals surface area contributed by atoms with E-state index in [2.05, 4.69) is 96.3 Å². The van der Waals surface area contributed by atoms with Crippen LogP contribution >= 0.6 is 0 Å². The smallest absolute Gasteiger partial charge is 0.143 e. The zero-order chi connectivity index (χ0) is 19.9. The van der Waals surface area contributed by atoms with Gasteiger partial charge < -0.3 is 9.73 Å². The summed E-state index contributed by atoms with van der Waals surface area (Å²) in [5.41, 5.74) is 6.42. The summed E-state index contributed by atoms with van der Waals surface area (Å²) in [5.74, 6) is 0. The second-order valence-corrected chi connectivity index (χ2v) is 7.54. The lowest BCUT2D eigenvalue weighted by Gasteiger charge is -2.08. The van der Waals surface area contributed by atoms with Crippen LogP contribution in [0.2, 0.25) is 0 Å². The molecule has 0 aliphatic heterocycles. The van der Waals surface area contributed by atoms with E-state index in [0.29, 0.717) is 0 Å². The molecule has 2 heteroatoms. The molecule has 0 bridgehead atoms. The third-order valence-electron chi connectivity index (χ3n) is 5.64. The molecule has 6 aromatic rings. The molecule has 0 radical (unpaired) electrons. The largest absolute Gasteiger partial charge is 0.455 e. The first-order valence-electron chi connectivity index (χ1n) is 10.1. The lowest BCUT2D eigenvalue weighted by Crippen LogP contribution is -1.89. The maximum Gasteiger partial charge on any atom is 0.143 e. The van der Waals surface area contributed by atoms with Gasteiger partial charge in [0.15, 0.2) is 0 Å². The van der Waals surface area contributed by atoms with Crippen molar-refractivity contribution in [1.82, 2.24) is 0 Å². The van der Waals surface area contributed by atoms with Crippen molar-refractivity contribution in [1.29, 1.82) is 0 Å². The van der Waals surface area contributed by atoms with Crippen LogP contribution in [0.1, 0.15) is 0 Å². The molecule has 0 aliphatic rings. The molecule has 0 saturated carbocycles. The summed E-state index contributed by atoms with van der Waals surface area (Å²) in [7, 11) is 0. The van der Waals surface area contributed by atoms with Gasteiger partial charge in [-0.2, -0.15) is 0 Å². The van der Waals surface area contributed by atoms with Gasteiger partial charge >= 0.3 is 0 Å². The van der Waals surface area contributed by atoms with Gasteiger partial charge in [0.05, 0.1) is 0 Å². The van der Waals surface area contributed by atoms with Gasteiger partial charge in [-0.1, -0.05) is 66.7 Å². The van der Waals surface area contributed by atoms with Crippen LogP contribution in [0.25, 0.3) is 43.8 Å². The summed E-state index contributed by atoms with van der Waals surface area (Å²) in [6, 6.07) is 37.9. The highest BCUT2D eigenvalue weighted by atomic mass is 16.3. The Kier molecular flexibility index (Phi) is 3.82. The van der Waals surface area contributed by atoms with Crippen molar-refractivity contribution in [2.75, 3.05) is 5.32 Å². The molecule has 0 atom stereocenters. The predicted molar refractivity (Wildman–Crippen MR) is 126 cm³/mol. The highest BCUT2D eigenvalue weighted by molar-refractivity contribution is 6.15. The minimum absolute atomic E-state index is 0.924. The van der Waals surface area contributed by atoms with E-state index in [1.54, 1.807) is 0 Å². The van der Waals surface area contributed by atoms with Crippen LogP contribution in [0.3, 0.4) is 0 Å². The molecular weight excluding hydrogens is 366 g/mol. The van der Waals surface area contributed by atoms with E-state index in [9.17, 15) is 0 Å². The van der Waals surface area contributed by atoms with Gasteiger partial charge in [0, 0.05) is 27.5 Å². The second kappa shape index (κ2) is 6.78. The van der Waals surface area contributed by atoms with Crippen molar-refractivity contribution < 1.29 is 4.42 Å². The molecule has 1 aromatic heterocycles. The quantitative estimate of drug-likeness (QED) is 0.332. The molecule has 1 heterocycles. The molecule has 30 heavy (non-hydrogen) atoms. The first kappa shape index (κ1) is 16.9. The number of nitrogens with one attached hydrogen (secondary N) is 1. The first-order chi connectivity index (χ1) is 14.8. The van der Waals surface area contributed by atoms with Gasteiger partial charge in [-0.25, -0.2) is 0 Å². The van der Waals surface area contributed by atoms with Crippen molar-refractivity contribution in [2.24, 2.45) is 0 Å². The molecule has 0 saturated heterocycles. The van der Waals surface area contributed by atoms with E-state index in [1.807, 2.05) is 18.2 Å². The second-order valence-electron chi connectivity index (χ2n) is 7.54. The summed E-state index contributed by atoms with van der Waals surface area (Å²) >= 11 is 0. The number of hydrogen-bond acceptors (Lipinski definition) is 2. The highest BCUT2D eigenvalue weighted by Crippen LogP contribution is 2.36. The zero-order valence-corrected chi connectivity index (χ0v) is 16.3. The van der Waals surface area contributed by atoms with Crippen LogP contribution in [-0.4, -0.2) is 0 Å². The molecule has 6 rings (SSSR count). The Labute approximate surface area is 174 Å². The number of furan rings is 1. The highest BCUT2D eigenvalue weighted by Gasteiger charge is 2.11. The average molecular weight is 385 g/mol. The van der Waals surface area contributed by atoms with Gasteiger partial charge in [0.1, 0.15) is 11.2 Å². The van der Waals surface area contributed by atoms with E-state index < -0.39 is 0 Å². The molecule has 0 amide bonds. The van der Waals surface area contributed by atoms with Crippen LogP contribution in [0.15, 0.2) is 114 Å². The SMILES string of the molecule is c1ccc(Nc2ccc(-c3ccc4oc5c6ccccc6ccc5c4c3)cc2)cc1. The van der Waals surface area contributed by atoms with Crippen molar-refractivity contribution in [2.45, 2.75) is 0 Å². The fraction of sp³-hybridized carbons (Fsp3) is 0. The van der Waals surface area contributed by atoms with E-state index in [4.69, 9.17) is 4.42 Å². The molecule has 0 spiro atoms. The van der Waals surface area contributed by atoms with Crippen LogP contribution < -0.4 is 5.32 Å². The number of hydrogen-bond donors (Lipinski definition) is 1. The molecule has 142 valence electrons. The van der Waals surface area contributed by atoms with Crippen molar-refractivity contribution >= 4 is 44.1 Å². The average Bonchev–Trinajstić information content (AvgIpc) is 3.19. The topological polar surface area (TPSA) is 25.2 Å². The van der Waals surface area contributed by atoms with Crippen LogP contribution in [-0.2, 0) is 0 Å². The fourth-order valence-corrected chi connectivity index (χ4v) is 4.12. The van der Waals surface area contributed by atoms with Gasteiger partial charge in [0.25, 0.3) is 0 Å².